The van der Waals surface area contributed by atoms with Crippen molar-refractivity contribution < 1.29 is 14.6 Å². The van der Waals surface area contributed by atoms with Crippen LogP contribution in [-0.4, -0.2) is 34.9 Å². The third-order valence-electron chi connectivity index (χ3n) is 4.66. The SMILES string of the molecule is COc1cncc([C@@H](NC(=O)NC(C)(C)CC(C)(C)C)C2CC(O)C2)c1. The van der Waals surface area contributed by atoms with Crippen LogP contribution in [0.15, 0.2) is 18.5 Å². The van der Waals surface area contributed by atoms with Crippen LogP contribution in [0.1, 0.15) is 65.5 Å². The van der Waals surface area contributed by atoms with Crippen LogP contribution in [0.4, 0.5) is 4.79 Å². The molecule has 1 saturated carbocycles. The Morgan fingerprint density at radius 1 is 1.31 bits per heavy atom. The van der Waals surface area contributed by atoms with E-state index in [0.29, 0.717) is 18.6 Å². The van der Waals surface area contributed by atoms with E-state index in [-0.39, 0.29) is 35.0 Å². The number of nitrogens with one attached hydrogen (secondary N) is 2. The molecule has 2 amide bonds. The number of aliphatic hydroxyl groups is 1. The van der Waals surface area contributed by atoms with Gasteiger partial charge in [-0.05, 0) is 56.1 Å². The summed E-state index contributed by atoms with van der Waals surface area (Å²) in [5.74, 6) is 0.845. The smallest absolute Gasteiger partial charge is 0.315 e. The molecule has 6 heteroatoms. The molecule has 0 radical (unpaired) electrons. The van der Waals surface area contributed by atoms with Crippen LogP contribution >= 0.6 is 0 Å². The summed E-state index contributed by atoms with van der Waals surface area (Å²) in [6, 6.07) is 1.49. The summed E-state index contributed by atoms with van der Waals surface area (Å²) in [4.78, 5) is 16.9. The van der Waals surface area contributed by atoms with Crippen molar-refractivity contribution >= 4 is 6.03 Å². The number of urea groups is 1. The van der Waals surface area contributed by atoms with Crippen LogP contribution < -0.4 is 15.4 Å². The second-order valence-electron chi connectivity index (χ2n) is 9.24. The van der Waals surface area contributed by atoms with Gasteiger partial charge in [0.25, 0.3) is 0 Å². The van der Waals surface area contributed by atoms with Gasteiger partial charge in [-0.1, -0.05) is 20.8 Å². The first-order valence-corrected chi connectivity index (χ1v) is 9.25. The van der Waals surface area contributed by atoms with Crippen LogP contribution in [0.25, 0.3) is 0 Å². The highest BCUT2D eigenvalue weighted by atomic mass is 16.5. The van der Waals surface area contributed by atoms with Crippen LogP contribution in [0.3, 0.4) is 0 Å². The minimum Gasteiger partial charge on any atom is -0.495 e. The molecule has 1 fully saturated rings. The molecule has 2 rings (SSSR count). The molecule has 0 unspecified atom stereocenters. The third kappa shape index (κ3) is 5.87. The normalized spacial score (nSPS) is 21.5. The molecule has 3 N–H and O–H groups in total. The first kappa shape index (κ1) is 20.5. The van der Waals surface area contributed by atoms with Crippen LogP contribution in [0.5, 0.6) is 5.75 Å². The summed E-state index contributed by atoms with van der Waals surface area (Å²) in [6.07, 6.45) is 5.31. The highest BCUT2D eigenvalue weighted by Gasteiger charge is 2.37. The standard InChI is InChI=1S/C20H33N3O3/c1-19(2,3)12-20(4,5)23-18(25)22-17(13-7-15(24)8-13)14-9-16(26-6)11-21-10-14/h9-11,13,15,17,24H,7-8,12H2,1-6H3,(H2,22,23,25)/t13?,15?,17-/m0/s1. The number of carbonyl (C=O) groups is 1. The fraction of sp³-hybridized carbons (Fsp3) is 0.700. The molecule has 0 aromatic carbocycles. The lowest BCUT2D eigenvalue weighted by molar-refractivity contribution is 0.0256. The molecular weight excluding hydrogens is 330 g/mol. The van der Waals surface area contributed by atoms with E-state index >= 15 is 0 Å². The fourth-order valence-electron chi connectivity index (χ4n) is 3.95. The summed E-state index contributed by atoms with van der Waals surface area (Å²) >= 11 is 0. The Morgan fingerprint density at radius 2 is 1.96 bits per heavy atom. The molecule has 0 saturated heterocycles. The molecule has 6 nitrogen and oxygen atoms in total. The molecule has 1 aromatic heterocycles. The van der Waals surface area contributed by atoms with Gasteiger partial charge in [0.05, 0.1) is 25.5 Å². The van der Waals surface area contributed by atoms with E-state index in [1.807, 2.05) is 19.9 Å². The van der Waals surface area contributed by atoms with E-state index in [4.69, 9.17) is 4.74 Å². The molecule has 1 aromatic rings. The van der Waals surface area contributed by atoms with E-state index < -0.39 is 0 Å². The Morgan fingerprint density at radius 3 is 2.50 bits per heavy atom. The number of rotatable bonds is 6. The van der Waals surface area contributed by atoms with Gasteiger partial charge in [0.2, 0.25) is 0 Å². The lowest BCUT2D eigenvalue weighted by atomic mass is 9.75. The number of amides is 2. The molecular formula is C20H33N3O3. The number of aromatic nitrogens is 1. The molecule has 1 aliphatic rings. The monoisotopic (exact) mass is 363 g/mol. The average molecular weight is 364 g/mol. The first-order chi connectivity index (χ1) is 12.0. The summed E-state index contributed by atoms with van der Waals surface area (Å²) in [5, 5.41) is 15.9. The van der Waals surface area contributed by atoms with Gasteiger partial charge in [-0.15, -0.1) is 0 Å². The van der Waals surface area contributed by atoms with E-state index in [1.54, 1.807) is 19.5 Å². The second-order valence-corrected chi connectivity index (χ2v) is 9.24. The molecule has 0 aliphatic heterocycles. The second kappa shape index (κ2) is 7.82. The summed E-state index contributed by atoms with van der Waals surface area (Å²) in [7, 11) is 1.60. The molecule has 146 valence electrons. The third-order valence-corrected chi connectivity index (χ3v) is 4.66. The number of methoxy groups -OCH3 is 1. The highest BCUT2D eigenvalue weighted by Crippen LogP contribution is 2.38. The number of carbonyl (C=O) groups excluding carboxylic acids is 1. The van der Waals surface area contributed by atoms with E-state index in [9.17, 15) is 9.90 Å². The summed E-state index contributed by atoms with van der Waals surface area (Å²) in [5.41, 5.74) is 0.689. The summed E-state index contributed by atoms with van der Waals surface area (Å²) in [6.45, 7) is 10.6. The topological polar surface area (TPSA) is 83.5 Å². The Bertz CT molecular complexity index is 619. The van der Waals surface area contributed by atoms with Crippen LogP contribution in [0, 0.1) is 11.3 Å². The van der Waals surface area contributed by atoms with Crippen molar-refractivity contribution in [2.24, 2.45) is 11.3 Å². The van der Waals surface area contributed by atoms with Crippen molar-refractivity contribution in [2.45, 2.75) is 71.6 Å². The highest BCUT2D eigenvalue weighted by molar-refractivity contribution is 5.75. The quantitative estimate of drug-likeness (QED) is 0.723. The van der Waals surface area contributed by atoms with Gasteiger partial charge in [-0.3, -0.25) is 4.98 Å². The molecule has 0 spiro atoms. The van der Waals surface area contributed by atoms with Gasteiger partial charge >= 0.3 is 6.03 Å². The Balaban J connectivity index is 2.10. The van der Waals surface area contributed by atoms with Crippen molar-refractivity contribution in [1.29, 1.82) is 0 Å². The van der Waals surface area contributed by atoms with E-state index in [2.05, 4.69) is 36.4 Å². The number of nitrogens with zero attached hydrogens (tertiary/aromatic N) is 1. The maximum Gasteiger partial charge on any atom is 0.315 e. The maximum absolute atomic E-state index is 12.7. The zero-order valence-corrected chi connectivity index (χ0v) is 16.8. The van der Waals surface area contributed by atoms with Gasteiger partial charge in [0.15, 0.2) is 0 Å². The predicted octanol–water partition coefficient (Wildman–Crippen LogP) is 3.42. The number of pyridine rings is 1. The van der Waals surface area contributed by atoms with Gasteiger partial charge in [-0.25, -0.2) is 4.79 Å². The Labute approximate surface area is 156 Å². The number of hydrogen-bond donors (Lipinski definition) is 3. The Kier molecular flexibility index (Phi) is 6.17. The molecule has 1 heterocycles. The summed E-state index contributed by atoms with van der Waals surface area (Å²) < 4.78 is 5.26. The van der Waals surface area contributed by atoms with Gasteiger partial charge in [-0.2, -0.15) is 0 Å². The predicted molar refractivity (Wildman–Crippen MR) is 102 cm³/mol. The maximum atomic E-state index is 12.7. The van der Waals surface area contributed by atoms with E-state index in [1.165, 1.54) is 0 Å². The fourth-order valence-corrected chi connectivity index (χ4v) is 3.95. The molecule has 1 atom stereocenters. The zero-order chi connectivity index (χ0) is 19.5. The van der Waals surface area contributed by atoms with Gasteiger partial charge in [0.1, 0.15) is 5.75 Å². The average Bonchev–Trinajstić information content (AvgIpc) is 2.47. The van der Waals surface area contributed by atoms with Crippen molar-refractivity contribution in [3.05, 3.63) is 24.0 Å². The van der Waals surface area contributed by atoms with Gasteiger partial charge < -0.3 is 20.5 Å². The molecule has 26 heavy (non-hydrogen) atoms. The van der Waals surface area contributed by atoms with Crippen LogP contribution in [0.2, 0.25) is 0 Å². The van der Waals surface area contributed by atoms with Crippen LogP contribution in [-0.2, 0) is 0 Å². The number of hydrogen-bond acceptors (Lipinski definition) is 4. The largest absolute Gasteiger partial charge is 0.495 e. The lowest BCUT2D eigenvalue weighted by Gasteiger charge is -2.39. The van der Waals surface area contributed by atoms with Crippen molar-refractivity contribution in [3.8, 4) is 5.75 Å². The van der Waals surface area contributed by atoms with Gasteiger partial charge in [0, 0.05) is 11.7 Å². The molecule has 1 aliphatic carbocycles. The first-order valence-electron chi connectivity index (χ1n) is 9.25. The number of aliphatic hydroxyl groups excluding tert-OH is 1. The lowest BCUT2D eigenvalue weighted by Crippen LogP contribution is -2.52. The van der Waals surface area contributed by atoms with Crippen molar-refractivity contribution in [2.75, 3.05) is 7.11 Å². The molecule has 0 bridgehead atoms. The minimum atomic E-state index is -0.321. The Hall–Kier alpha value is -1.82. The number of ether oxygens (including phenoxy) is 1. The zero-order valence-electron chi connectivity index (χ0n) is 16.8. The van der Waals surface area contributed by atoms with Crippen molar-refractivity contribution in [1.82, 2.24) is 15.6 Å². The minimum absolute atomic E-state index is 0.116. The van der Waals surface area contributed by atoms with Crippen molar-refractivity contribution in [3.63, 3.8) is 0 Å². The van der Waals surface area contributed by atoms with E-state index in [0.717, 1.165) is 12.0 Å².